The van der Waals surface area contributed by atoms with Crippen LogP contribution in [0, 0.1) is 0 Å². The molecule has 0 amide bonds. The topological polar surface area (TPSA) is 113 Å². The summed E-state index contributed by atoms with van der Waals surface area (Å²) in [4.78, 5) is 8.29. The lowest BCUT2D eigenvalue weighted by Gasteiger charge is -2.30. The molecule has 7 nitrogen and oxygen atoms in total. The third kappa shape index (κ3) is 2.38. The van der Waals surface area contributed by atoms with E-state index in [9.17, 15) is 5.11 Å². The smallest absolute Gasteiger partial charge is 0.224 e. The van der Waals surface area contributed by atoms with Crippen LogP contribution in [0.4, 0.5) is 11.8 Å². The Morgan fingerprint density at radius 2 is 2.05 bits per heavy atom. The zero-order valence-electron chi connectivity index (χ0n) is 11.5. The Labute approximate surface area is 121 Å². The van der Waals surface area contributed by atoms with Gasteiger partial charge in [0.25, 0.3) is 0 Å². The van der Waals surface area contributed by atoms with Crippen molar-refractivity contribution in [2.75, 3.05) is 17.7 Å². The molecule has 0 aliphatic rings. The van der Waals surface area contributed by atoms with Crippen molar-refractivity contribution in [3.8, 4) is 0 Å². The Balaban J connectivity index is 2.05. The highest BCUT2D eigenvalue weighted by Crippen LogP contribution is 2.28. The van der Waals surface area contributed by atoms with Gasteiger partial charge in [0.15, 0.2) is 5.65 Å². The molecule has 3 aromatic rings. The minimum Gasteiger partial charge on any atom is -0.394 e. The second kappa shape index (κ2) is 5.02. The molecular weight excluding hydrogens is 268 g/mol. The zero-order valence-corrected chi connectivity index (χ0v) is 11.5. The van der Waals surface area contributed by atoms with Gasteiger partial charge in [0.05, 0.1) is 23.7 Å². The zero-order chi connectivity index (χ0) is 14.9. The van der Waals surface area contributed by atoms with E-state index in [1.807, 2.05) is 37.3 Å². The highest BCUT2D eigenvalue weighted by molar-refractivity contribution is 5.87. The largest absolute Gasteiger partial charge is 0.394 e. The van der Waals surface area contributed by atoms with E-state index in [2.05, 4.69) is 25.5 Å². The average molecular weight is 284 g/mol. The molecule has 1 unspecified atom stereocenters. The van der Waals surface area contributed by atoms with E-state index in [-0.39, 0.29) is 12.6 Å². The third-order valence-corrected chi connectivity index (χ3v) is 3.45. The standard InChI is InChI=1S/C14H16N6O/c1-14(8-21,9-5-3-2-4-6-9)19-11-10-7-16-20-12(10)18-13(15)17-11/h2-7,21H,8H2,1H3,(H4,15,16,17,18,19,20). The van der Waals surface area contributed by atoms with E-state index in [1.165, 1.54) is 0 Å². The fraction of sp³-hybridized carbons (Fsp3) is 0.214. The van der Waals surface area contributed by atoms with Gasteiger partial charge in [-0.15, -0.1) is 0 Å². The molecule has 108 valence electrons. The predicted molar refractivity (Wildman–Crippen MR) is 80.6 cm³/mol. The lowest BCUT2D eigenvalue weighted by Crippen LogP contribution is -2.36. The number of hydrogen-bond donors (Lipinski definition) is 4. The minimum atomic E-state index is -0.688. The molecule has 0 aliphatic heterocycles. The number of nitrogens with two attached hydrogens (primary N) is 1. The second-order valence-corrected chi connectivity index (χ2v) is 5.04. The summed E-state index contributed by atoms with van der Waals surface area (Å²) in [7, 11) is 0. The molecule has 3 rings (SSSR count). The molecule has 1 atom stereocenters. The summed E-state index contributed by atoms with van der Waals surface area (Å²) in [5.74, 6) is 0.675. The Morgan fingerprint density at radius 1 is 1.29 bits per heavy atom. The molecule has 0 aliphatic carbocycles. The Bertz CT molecular complexity index is 757. The van der Waals surface area contributed by atoms with E-state index in [0.717, 1.165) is 10.9 Å². The van der Waals surface area contributed by atoms with Crippen molar-refractivity contribution in [3.05, 3.63) is 42.1 Å². The molecule has 1 aromatic carbocycles. The molecule has 21 heavy (non-hydrogen) atoms. The van der Waals surface area contributed by atoms with Gasteiger partial charge in [-0.3, -0.25) is 5.10 Å². The maximum absolute atomic E-state index is 9.83. The number of aromatic nitrogens is 4. The fourth-order valence-electron chi connectivity index (χ4n) is 2.22. The van der Waals surface area contributed by atoms with Crippen LogP contribution in [-0.2, 0) is 5.54 Å². The van der Waals surface area contributed by atoms with Crippen LogP contribution >= 0.6 is 0 Å². The molecule has 0 radical (unpaired) electrons. The lowest BCUT2D eigenvalue weighted by atomic mass is 9.93. The number of hydrogen-bond acceptors (Lipinski definition) is 6. The Kier molecular flexibility index (Phi) is 3.19. The highest BCUT2D eigenvalue weighted by atomic mass is 16.3. The van der Waals surface area contributed by atoms with Gasteiger partial charge in [0, 0.05) is 0 Å². The number of nitrogens with one attached hydrogen (secondary N) is 2. The van der Waals surface area contributed by atoms with Crippen LogP contribution in [0.3, 0.4) is 0 Å². The number of anilines is 2. The van der Waals surface area contributed by atoms with Gasteiger partial charge in [-0.1, -0.05) is 30.3 Å². The van der Waals surface area contributed by atoms with Crippen molar-refractivity contribution in [3.63, 3.8) is 0 Å². The van der Waals surface area contributed by atoms with Crippen LogP contribution < -0.4 is 11.1 Å². The molecule has 0 saturated carbocycles. The fourth-order valence-corrected chi connectivity index (χ4v) is 2.22. The van der Waals surface area contributed by atoms with Crippen LogP contribution in [0.2, 0.25) is 0 Å². The van der Waals surface area contributed by atoms with Gasteiger partial charge in [-0.05, 0) is 12.5 Å². The predicted octanol–water partition coefficient (Wildman–Crippen LogP) is 1.25. The molecule has 0 saturated heterocycles. The summed E-state index contributed by atoms with van der Waals surface area (Å²) >= 11 is 0. The summed E-state index contributed by atoms with van der Waals surface area (Å²) in [6, 6.07) is 9.66. The first-order chi connectivity index (χ1) is 10.1. The third-order valence-electron chi connectivity index (χ3n) is 3.45. The number of nitrogens with zero attached hydrogens (tertiary/aromatic N) is 3. The lowest BCUT2D eigenvalue weighted by molar-refractivity contribution is 0.224. The number of aliphatic hydroxyl groups is 1. The Morgan fingerprint density at radius 3 is 2.76 bits per heavy atom. The maximum Gasteiger partial charge on any atom is 0.224 e. The van der Waals surface area contributed by atoms with E-state index in [0.29, 0.717) is 11.5 Å². The average Bonchev–Trinajstić information content (AvgIpc) is 2.96. The number of fused-ring (bicyclic) bond motifs is 1. The highest BCUT2D eigenvalue weighted by Gasteiger charge is 2.27. The number of aromatic amines is 1. The van der Waals surface area contributed by atoms with Gasteiger partial charge in [0.2, 0.25) is 5.95 Å². The van der Waals surface area contributed by atoms with Gasteiger partial charge < -0.3 is 16.2 Å². The van der Waals surface area contributed by atoms with Crippen molar-refractivity contribution in [2.24, 2.45) is 0 Å². The first-order valence-electron chi connectivity index (χ1n) is 6.53. The quantitative estimate of drug-likeness (QED) is 0.573. The minimum absolute atomic E-state index is 0.0970. The van der Waals surface area contributed by atoms with Crippen LogP contribution in [0.5, 0.6) is 0 Å². The molecular formula is C14H16N6O. The van der Waals surface area contributed by atoms with Crippen molar-refractivity contribution in [1.29, 1.82) is 0 Å². The number of nitrogen functional groups attached to an aromatic ring is 1. The van der Waals surface area contributed by atoms with Crippen molar-refractivity contribution in [1.82, 2.24) is 20.2 Å². The Hall–Kier alpha value is -2.67. The molecule has 5 N–H and O–H groups in total. The van der Waals surface area contributed by atoms with E-state index in [1.54, 1.807) is 6.20 Å². The maximum atomic E-state index is 9.83. The summed E-state index contributed by atoms with van der Waals surface area (Å²) < 4.78 is 0. The van der Waals surface area contributed by atoms with Crippen LogP contribution in [0.15, 0.2) is 36.5 Å². The summed E-state index contributed by atoms with van der Waals surface area (Å²) in [6.07, 6.45) is 1.62. The normalized spacial score (nSPS) is 14.0. The summed E-state index contributed by atoms with van der Waals surface area (Å²) in [5.41, 5.74) is 6.52. The molecule has 0 bridgehead atoms. The van der Waals surface area contributed by atoms with Crippen molar-refractivity contribution >= 4 is 22.8 Å². The van der Waals surface area contributed by atoms with Gasteiger partial charge in [-0.2, -0.15) is 15.1 Å². The first-order valence-corrected chi connectivity index (χ1v) is 6.53. The number of rotatable bonds is 4. The van der Waals surface area contributed by atoms with E-state index < -0.39 is 5.54 Å². The van der Waals surface area contributed by atoms with Crippen molar-refractivity contribution < 1.29 is 5.11 Å². The van der Waals surface area contributed by atoms with Crippen LogP contribution in [-0.4, -0.2) is 31.9 Å². The molecule has 2 aromatic heterocycles. The summed E-state index contributed by atoms with van der Waals surface area (Å²) in [6.45, 7) is 1.80. The molecule has 0 fully saturated rings. The summed E-state index contributed by atoms with van der Waals surface area (Å²) in [5, 5.41) is 20.5. The van der Waals surface area contributed by atoms with Crippen molar-refractivity contribution in [2.45, 2.75) is 12.5 Å². The van der Waals surface area contributed by atoms with E-state index >= 15 is 0 Å². The first kappa shape index (κ1) is 13.3. The van der Waals surface area contributed by atoms with E-state index in [4.69, 9.17) is 5.73 Å². The number of benzene rings is 1. The molecule has 0 spiro atoms. The monoisotopic (exact) mass is 284 g/mol. The van der Waals surface area contributed by atoms with Crippen LogP contribution in [0.25, 0.3) is 11.0 Å². The second-order valence-electron chi connectivity index (χ2n) is 5.04. The molecule has 7 heteroatoms. The SMILES string of the molecule is CC(CO)(Nc1nc(N)nc2[nH]ncc12)c1ccccc1. The van der Waals surface area contributed by atoms with Crippen LogP contribution in [0.1, 0.15) is 12.5 Å². The van der Waals surface area contributed by atoms with Gasteiger partial charge >= 0.3 is 0 Å². The number of aliphatic hydroxyl groups excluding tert-OH is 1. The van der Waals surface area contributed by atoms with Gasteiger partial charge in [-0.25, -0.2) is 0 Å². The van der Waals surface area contributed by atoms with Gasteiger partial charge in [0.1, 0.15) is 5.82 Å². The molecule has 2 heterocycles. The number of H-pyrrole nitrogens is 1.